The van der Waals surface area contributed by atoms with Crippen molar-refractivity contribution in [3.8, 4) is 6.07 Å². The van der Waals surface area contributed by atoms with E-state index in [4.69, 9.17) is 10.4 Å². The second-order valence-electron chi connectivity index (χ2n) is 2.97. The minimum Gasteiger partial charge on any atom is -0.478 e. The highest BCUT2D eigenvalue weighted by Gasteiger charge is 2.04. The monoisotopic (exact) mass is 294 g/mol. The van der Waals surface area contributed by atoms with Gasteiger partial charge < -0.3 is 10.4 Å². The van der Waals surface area contributed by atoms with Gasteiger partial charge in [0.15, 0.2) is 0 Å². The van der Waals surface area contributed by atoms with Crippen molar-refractivity contribution in [2.45, 2.75) is 0 Å². The predicted octanol–water partition coefficient (Wildman–Crippen LogP) is 1.90. The zero-order valence-corrected chi connectivity index (χ0v) is 10.1. The van der Waals surface area contributed by atoms with Gasteiger partial charge in [0.1, 0.15) is 0 Å². The van der Waals surface area contributed by atoms with E-state index in [1.54, 1.807) is 18.2 Å². The van der Waals surface area contributed by atoms with Crippen LogP contribution in [0.2, 0.25) is 0 Å². The van der Waals surface area contributed by atoms with Crippen LogP contribution < -0.4 is 5.32 Å². The second-order valence-corrected chi connectivity index (χ2v) is 3.82. The fraction of sp³-hybridized carbons (Fsp3) is 0. The number of amides is 1. The number of nitriles is 1. The number of carbonyl (C=O) groups excluding carboxylic acids is 1. The molecule has 17 heavy (non-hydrogen) atoms. The van der Waals surface area contributed by atoms with Crippen molar-refractivity contribution in [3.05, 3.63) is 40.4 Å². The van der Waals surface area contributed by atoms with Crippen LogP contribution in [0.5, 0.6) is 0 Å². The summed E-state index contributed by atoms with van der Waals surface area (Å²) in [6, 6.07) is 6.60. The Hall–Kier alpha value is -2.13. The lowest BCUT2D eigenvalue weighted by atomic mass is 10.2. The molecule has 1 rings (SSSR count). The van der Waals surface area contributed by atoms with Crippen LogP contribution in [0.25, 0.3) is 0 Å². The van der Waals surface area contributed by atoms with Gasteiger partial charge in [0.2, 0.25) is 5.91 Å². The summed E-state index contributed by atoms with van der Waals surface area (Å²) in [4.78, 5) is 21.5. The summed E-state index contributed by atoms with van der Waals surface area (Å²) in [6.07, 6.45) is 1.65. The Morgan fingerprint density at radius 1 is 1.41 bits per heavy atom. The molecule has 0 heterocycles. The van der Waals surface area contributed by atoms with Crippen LogP contribution in [0.4, 0.5) is 5.69 Å². The Bertz CT molecular complexity index is 532. The molecule has 1 aromatic rings. The number of rotatable bonds is 3. The standard InChI is InChI=1S/C11H7BrN2O3/c12-8-5-7(6-13)1-2-9(8)14-10(15)3-4-11(16)17/h1-5H,(H,14,15)(H,16,17)/b4-3+. The minimum absolute atomic E-state index is 0.455. The number of carbonyl (C=O) groups is 2. The Morgan fingerprint density at radius 2 is 2.12 bits per heavy atom. The topological polar surface area (TPSA) is 90.2 Å². The maximum absolute atomic E-state index is 11.3. The maximum atomic E-state index is 11.3. The van der Waals surface area contributed by atoms with Crippen molar-refractivity contribution >= 4 is 33.5 Å². The highest BCUT2D eigenvalue weighted by atomic mass is 79.9. The SMILES string of the molecule is N#Cc1ccc(NC(=O)/C=C/C(=O)O)c(Br)c1. The number of aliphatic carboxylic acids is 1. The summed E-state index contributed by atoms with van der Waals surface area (Å²) in [5.41, 5.74) is 0.917. The zero-order valence-electron chi connectivity index (χ0n) is 8.48. The first-order valence-corrected chi connectivity index (χ1v) is 5.24. The van der Waals surface area contributed by atoms with E-state index in [9.17, 15) is 9.59 Å². The summed E-state index contributed by atoms with van der Waals surface area (Å²) < 4.78 is 0.550. The molecular weight excluding hydrogens is 288 g/mol. The number of nitrogens with one attached hydrogen (secondary N) is 1. The number of carboxylic acid groups (broad SMARTS) is 1. The van der Waals surface area contributed by atoms with Gasteiger partial charge in [-0.05, 0) is 34.1 Å². The summed E-state index contributed by atoms with van der Waals surface area (Å²) in [5.74, 6) is -1.75. The smallest absolute Gasteiger partial charge is 0.328 e. The Balaban J connectivity index is 2.79. The van der Waals surface area contributed by atoms with E-state index in [0.29, 0.717) is 15.7 Å². The molecule has 0 aliphatic carbocycles. The van der Waals surface area contributed by atoms with Crippen LogP contribution in [0.3, 0.4) is 0 Å². The molecule has 0 spiro atoms. The first-order chi connectivity index (χ1) is 8.02. The third-order valence-corrected chi connectivity index (χ3v) is 2.39. The van der Waals surface area contributed by atoms with Crippen LogP contribution in [0.15, 0.2) is 34.8 Å². The van der Waals surface area contributed by atoms with E-state index >= 15 is 0 Å². The van der Waals surface area contributed by atoms with E-state index in [1.807, 2.05) is 6.07 Å². The van der Waals surface area contributed by atoms with Crippen molar-refractivity contribution in [2.24, 2.45) is 0 Å². The van der Waals surface area contributed by atoms with E-state index < -0.39 is 11.9 Å². The quantitative estimate of drug-likeness (QED) is 0.833. The summed E-state index contributed by atoms with van der Waals surface area (Å²) in [6.45, 7) is 0. The number of hydrogen-bond acceptors (Lipinski definition) is 3. The van der Waals surface area contributed by atoms with Gasteiger partial charge in [-0.2, -0.15) is 5.26 Å². The molecule has 0 saturated heterocycles. The average molecular weight is 295 g/mol. The Labute approximate surface area is 105 Å². The molecule has 0 atom stereocenters. The molecule has 0 bridgehead atoms. The molecule has 5 nitrogen and oxygen atoms in total. The molecule has 0 unspecified atom stereocenters. The summed E-state index contributed by atoms with van der Waals surface area (Å²) >= 11 is 3.19. The average Bonchev–Trinajstić information content (AvgIpc) is 2.29. The molecule has 1 amide bonds. The van der Waals surface area contributed by atoms with Gasteiger partial charge in [0.25, 0.3) is 0 Å². The van der Waals surface area contributed by atoms with Gasteiger partial charge in [-0.3, -0.25) is 4.79 Å². The molecule has 0 aliphatic heterocycles. The minimum atomic E-state index is -1.20. The predicted molar refractivity (Wildman–Crippen MR) is 64.3 cm³/mol. The molecule has 1 aromatic carbocycles. The third-order valence-electron chi connectivity index (χ3n) is 1.73. The molecule has 86 valence electrons. The highest BCUT2D eigenvalue weighted by molar-refractivity contribution is 9.10. The van der Waals surface area contributed by atoms with Crippen LogP contribution in [-0.2, 0) is 9.59 Å². The zero-order chi connectivity index (χ0) is 12.8. The molecule has 0 fully saturated rings. The fourth-order valence-electron chi connectivity index (χ4n) is 1.01. The third kappa shape index (κ3) is 4.09. The molecule has 2 N–H and O–H groups in total. The molecule has 0 aliphatic rings. The molecule has 0 saturated carbocycles. The van der Waals surface area contributed by atoms with Gasteiger partial charge in [-0.1, -0.05) is 0 Å². The summed E-state index contributed by atoms with van der Waals surface area (Å²) in [7, 11) is 0. The number of hydrogen-bond donors (Lipinski definition) is 2. The van der Waals surface area contributed by atoms with Crippen molar-refractivity contribution in [3.63, 3.8) is 0 Å². The number of nitrogens with zero attached hydrogens (tertiary/aromatic N) is 1. The number of halogens is 1. The number of carboxylic acids is 1. The lowest BCUT2D eigenvalue weighted by Gasteiger charge is -2.04. The first kappa shape index (κ1) is 12.9. The largest absolute Gasteiger partial charge is 0.478 e. The maximum Gasteiger partial charge on any atom is 0.328 e. The normalized spacial score (nSPS) is 9.88. The van der Waals surface area contributed by atoms with Gasteiger partial charge in [0, 0.05) is 16.6 Å². The van der Waals surface area contributed by atoms with Crippen LogP contribution >= 0.6 is 15.9 Å². The molecule has 0 radical (unpaired) electrons. The molecular formula is C11H7BrN2O3. The van der Waals surface area contributed by atoms with Crippen molar-refractivity contribution in [1.82, 2.24) is 0 Å². The number of anilines is 1. The summed E-state index contributed by atoms with van der Waals surface area (Å²) in [5, 5.41) is 19.5. The van der Waals surface area contributed by atoms with Crippen LogP contribution in [0, 0.1) is 11.3 Å². The van der Waals surface area contributed by atoms with Crippen molar-refractivity contribution in [1.29, 1.82) is 5.26 Å². The Kier molecular flexibility index (Phi) is 4.43. The highest BCUT2D eigenvalue weighted by Crippen LogP contribution is 2.23. The number of benzene rings is 1. The lowest BCUT2D eigenvalue weighted by Crippen LogP contribution is -2.09. The lowest BCUT2D eigenvalue weighted by molar-refractivity contribution is -0.131. The first-order valence-electron chi connectivity index (χ1n) is 4.44. The van der Waals surface area contributed by atoms with Gasteiger partial charge in [0.05, 0.1) is 17.3 Å². The van der Waals surface area contributed by atoms with E-state index in [-0.39, 0.29) is 0 Å². The van der Waals surface area contributed by atoms with Crippen LogP contribution in [0.1, 0.15) is 5.56 Å². The second kappa shape index (κ2) is 5.82. The Morgan fingerprint density at radius 3 is 2.65 bits per heavy atom. The fourth-order valence-corrected chi connectivity index (χ4v) is 1.49. The molecule has 6 heteroatoms. The van der Waals surface area contributed by atoms with Crippen molar-refractivity contribution in [2.75, 3.05) is 5.32 Å². The van der Waals surface area contributed by atoms with Crippen molar-refractivity contribution < 1.29 is 14.7 Å². The van der Waals surface area contributed by atoms with Gasteiger partial charge >= 0.3 is 5.97 Å². The molecule has 0 aromatic heterocycles. The van der Waals surface area contributed by atoms with Gasteiger partial charge in [-0.15, -0.1) is 0 Å². The van der Waals surface area contributed by atoms with Crippen LogP contribution in [-0.4, -0.2) is 17.0 Å². The van der Waals surface area contributed by atoms with E-state index in [2.05, 4.69) is 21.2 Å². The van der Waals surface area contributed by atoms with Gasteiger partial charge in [-0.25, -0.2) is 4.79 Å². The van der Waals surface area contributed by atoms with E-state index in [0.717, 1.165) is 12.2 Å². The van der Waals surface area contributed by atoms with E-state index in [1.165, 1.54) is 0 Å².